The van der Waals surface area contributed by atoms with E-state index in [0.29, 0.717) is 13.2 Å². The Morgan fingerprint density at radius 2 is 1.92 bits per heavy atom. The molecule has 2 fully saturated rings. The maximum atomic E-state index is 12.8. The number of carbonyl (C=O) groups excluding carboxylic acids is 1. The summed E-state index contributed by atoms with van der Waals surface area (Å²) in [4.78, 5) is 17.2. The van der Waals surface area contributed by atoms with Crippen molar-refractivity contribution in [3.05, 3.63) is 47.0 Å². The molecule has 5 heteroatoms. The molecule has 26 heavy (non-hydrogen) atoms. The van der Waals surface area contributed by atoms with Gasteiger partial charge in [-0.3, -0.25) is 9.69 Å². The van der Waals surface area contributed by atoms with E-state index in [-0.39, 0.29) is 5.91 Å². The minimum atomic E-state index is -0.414. The van der Waals surface area contributed by atoms with E-state index in [9.17, 15) is 4.79 Å². The van der Waals surface area contributed by atoms with Gasteiger partial charge in [0.25, 0.3) is 0 Å². The fraction of sp³-hybridized carbons (Fsp3) is 0.571. The van der Waals surface area contributed by atoms with E-state index < -0.39 is 5.79 Å². The van der Waals surface area contributed by atoms with Gasteiger partial charge in [0.2, 0.25) is 5.91 Å². The third-order valence-corrected chi connectivity index (χ3v) is 5.68. The standard InChI is InChI=1S/C21H28N2O3/c1-17-3-2-4-18(15-17)16-22-9-5-19(6-10-22)20(24)23-11-7-21(8-12-23)25-13-14-26-21/h2-5,15H,6-14,16H2,1H3. The summed E-state index contributed by atoms with van der Waals surface area (Å²) < 4.78 is 11.5. The summed E-state index contributed by atoms with van der Waals surface area (Å²) in [7, 11) is 0. The monoisotopic (exact) mass is 356 g/mol. The normalized spacial score (nSPS) is 23.3. The minimum absolute atomic E-state index is 0.202. The van der Waals surface area contributed by atoms with Gasteiger partial charge in [-0.1, -0.05) is 35.9 Å². The largest absolute Gasteiger partial charge is 0.347 e. The van der Waals surface area contributed by atoms with Crippen molar-refractivity contribution in [3.63, 3.8) is 0 Å². The maximum absolute atomic E-state index is 12.8. The van der Waals surface area contributed by atoms with E-state index in [2.05, 4.69) is 42.2 Å². The predicted molar refractivity (Wildman–Crippen MR) is 99.6 cm³/mol. The van der Waals surface area contributed by atoms with Crippen LogP contribution in [0.15, 0.2) is 35.9 Å². The Balaban J connectivity index is 1.30. The average Bonchev–Trinajstić information content (AvgIpc) is 3.11. The van der Waals surface area contributed by atoms with Crippen LogP contribution < -0.4 is 0 Å². The van der Waals surface area contributed by atoms with E-state index in [1.54, 1.807) is 0 Å². The first-order chi connectivity index (χ1) is 12.6. The molecule has 3 aliphatic rings. The Morgan fingerprint density at radius 3 is 2.58 bits per heavy atom. The second kappa shape index (κ2) is 7.51. The number of aryl methyl sites for hydroxylation is 1. The SMILES string of the molecule is Cc1cccc(CN2CC=C(C(=O)N3CCC4(CC3)OCCO4)CC2)c1. The lowest BCUT2D eigenvalue weighted by molar-refractivity contribution is -0.186. The van der Waals surface area contributed by atoms with Crippen molar-refractivity contribution in [1.82, 2.24) is 9.80 Å². The molecule has 4 rings (SSSR count). The summed E-state index contributed by atoms with van der Waals surface area (Å²) in [5.74, 6) is -0.212. The molecule has 1 aromatic carbocycles. The Morgan fingerprint density at radius 1 is 1.15 bits per heavy atom. The molecule has 0 aliphatic carbocycles. The smallest absolute Gasteiger partial charge is 0.249 e. The van der Waals surface area contributed by atoms with Crippen molar-refractivity contribution in [2.24, 2.45) is 0 Å². The Kier molecular flexibility index (Phi) is 5.11. The Hall–Kier alpha value is -1.69. The van der Waals surface area contributed by atoms with Crippen molar-refractivity contribution in [1.29, 1.82) is 0 Å². The molecule has 5 nitrogen and oxygen atoms in total. The maximum Gasteiger partial charge on any atom is 0.249 e. The molecule has 3 aliphatic heterocycles. The van der Waals surface area contributed by atoms with Crippen LogP contribution in [0.1, 0.15) is 30.4 Å². The summed E-state index contributed by atoms with van der Waals surface area (Å²) in [6.07, 6.45) is 4.52. The highest BCUT2D eigenvalue weighted by atomic mass is 16.7. The Bertz CT molecular complexity index is 684. The molecule has 0 radical (unpaired) electrons. The number of carbonyl (C=O) groups is 1. The molecule has 2 saturated heterocycles. The number of likely N-dealkylation sites (tertiary alicyclic amines) is 1. The first-order valence-electron chi connectivity index (χ1n) is 9.68. The number of benzene rings is 1. The molecular formula is C21H28N2O3. The molecule has 0 atom stereocenters. The van der Waals surface area contributed by atoms with Gasteiger partial charge in [-0.05, 0) is 18.9 Å². The van der Waals surface area contributed by atoms with Gasteiger partial charge in [-0.25, -0.2) is 0 Å². The van der Waals surface area contributed by atoms with E-state index in [4.69, 9.17) is 9.47 Å². The number of amides is 1. The Labute approximate surface area is 155 Å². The number of ether oxygens (including phenoxy) is 2. The van der Waals surface area contributed by atoms with Crippen LogP contribution in [-0.4, -0.2) is 60.9 Å². The molecule has 0 unspecified atom stereocenters. The van der Waals surface area contributed by atoms with E-state index in [1.807, 2.05) is 4.90 Å². The van der Waals surface area contributed by atoms with E-state index >= 15 is 0 Å². The summed E-state index contributed by atoms with van der Waals surface area (Å²) in [6.45, 7) is 7.66. The molecule has 0 N–H and O–H groups in total. The lowest BCUT2D eigenvalue weighted by Crippen LogP contribution is -2.48. The molecule has 0 saturated carbocycles. The van der Waals surface area contributed by atoms with Gasteiger partial charge in [0.1, 0.15) is 0 Å². The van der Waals surface area contributed by atoms with Gasteiger partial charge in [-0.2, -0.15) is 0 Å². The molecule has 3 heterocycles. The number of piperidine rings is 1. The second-order valence-electron chi connectivity index (χ2n) is 7.60. The van der Waals surface area contributed by atoms with Crippen LogP contribution in [0.2, 0.25) is 0 Å². The topological polar surface area (TPSA) is 42.0 Å². The molecule has 1 aromatic rings. The summed E-state index contributed by atoms with van der Waals surface area (Å²) >= 11 is 0. The summed E-state index contributed by atoms with van der Waals surface area (Å²) in [6, 6.07) is 8.65. The zero-order valence-electron chi connectivity index (χ0n) is 15.6. The van der Waals surface area contributed by atoms with Crippen molar-refractivity contribution in [2.75, 3.05) is 39.4 Å². The third-order valence-electron chi connectivity index (χ3n) is 5.68. The first kappa shape index (κ1) is 17.7. The predicted octanol–water partition coefficient (Wildman–Crippen LogP) is 2.49. The van der Waals surface area contributed by atoms with Gasteiger partial charge in [-0.15, -0.1) is 0 Å². The van der Waals surface area contributed by atoms with E-state index in [0.717, 1.165) is 57.6 Å². The number of hydrogen-bond donors (Lipinski definition) is 0. The molecule has 0 bridgehead atoms. The quantitative estimate of drug-likeness (QED) is 0.835. The van der Waals surface area contributed by atoms with Gasteiger partial charge in [0, 0.05) is 51.1 Å². The molecule has 1 amide bonds. The second-order valence-corrected chi connectivity index (χ2v) is 7.60. The van der Waals surface area contributed by atoms with Crippen molar-refractivity contribution in [2.45, 2.75) is 38.5 Å². The van der Waals surface area contributed by atoms with Crippen LogP contribution in [0.25, 0.3) is 0 Å². The van der Waals surface area contributed by atoms with Crippen LogP contribution in [0.3, 0.4) is 0 Å². The number of nitrogens with zero attached hydrogens (tertiary/aromatic N) is 2. The molecule has 0 aromatic heterocycles. The fourth-order valence-corrected chi connectivity index (χ4v) is 4.16. The fourth-order valence-electron chi connectivity index (χ4n) is 4.16. The van der Waals surface area contributed by atoms with Crippen LogP contribution in [-0.2, 0) is 20.8 Å². The molecular weight excluding hydrogens is 328 g/mol. The van der Waals surface area contributed by atoms with E-state index in [1.165, 1.54) is 11.1 Å². The third kappa shape index (κ3) is 3.85. The summed E-state index contributed by atoms with van der Waals surface area (Å²) in [5, 5.41) is 0. The lowest BCUT2D eigenvalue weighted by atomic mass is 10.0. The minimum Gasteiger partial charge on any atom is -0.347 e. The van der Waals surface area contributed by atoms with Crippen molar-refractivity contribution < 1.29 is 14.3 Å². The van der Waals surface area contributed by atoms with Gasteiger partial charge < -0.3 is 14.4 Å². The van der Waals surface area contributed by atoms with Crippen molar-refractivity contribution >= 4 is 5.91 Å². The van der Waals surface area contributed by atoms with Crippen LogP contribution in [0.4, 0.5) is 0 Å². The average molecular weight is 356 g/mol. The first-order valence-corrected chi connectivity index (χ1v) is 9.68. The number of hydrogen-bond acceptors (Lipinski definition) is 4. The van der Waals surface area contributed by atoms with Gasteiger partial charge in [0.05, 0.1) is 13.2 Å². The summed E-state index contributed by atoms with van der Waals surface area (Å²) in [5.41, 5.74) is 3.60. The number of rotatable bonds is 3. The lowest BCUT2D eigenvalue weighted by Gasteiger charge is -2.38. The molecule has 1 spiro atoms. The highest BCUT2D eigenvalue weighted by molar-refractivity contribution is 5.93. The van der Waals surface area contributed by atoms with Gasteiger partial charge >= 0.3 is 0 Å². The highest BCUT2D eigenvalue weighted by Crippen LogP contribution is 2.32. The van der Waals surface area contributed by atoms with Crippen LogP contribution in [0, 0.1) is 6.92 Å². The van der Waals surface area contributed by atoms with Crippen molar-refractivity contribution in [3.8, 4) is 0 Å². The molecule has 140 valence electrons. The zero-order valence-corrected chi connectivity index (χ0v) is 15.6. The van der Waals surface area contributed by atoms with Crippen LogP contribution in [0.5, 0.6) is 0 Å². The zero-order chi connectivity index (χ0) is 18.0. The van der Waals surface area contributed by atoms with Crippen LogP contribution >= 0.6 is 0 Å². The van der Waals surface area contributed by atoms with Gasteiger partial charge in [0.15, 0.2) is 5.79 Å². The highest BCUT2D eigenvalue weighted by Gasteiger charge is 2.41.